The molecule has 2 N–H and O–H groups in total. The molecule has 0 radical (unpaired) electrons. The highest BCUT2D eigenvalue weighted by Crippen LogP contribution is 2.16. The van der Waals surface area contributed by atoms with Gasteiger partial charge in [0, 0.05) is 25.1 Å². The van der Waals surface area contributed by atoms with E-state index in [2.05, 4.69) is 10.0 Å². The van der Waals surface area contributed by atoms with Crippen molar-refractivity contribution in [1.29, 1.82) is 0 Å². The van der Waals surface area contributed by atoms with Crippen LogP contribution in [0.1, 0.15) is 20.3 Å². The summed E-state index contributed by atoms with van der Waals surface area (Å²) >= 11 is 0. The molecule has 5 nitrogen and oxygen atoms in total. The van der Waals surface area contributed by atoms with Gasteiger partial charge in [-0.15, -0.1) is 0 Å². The van der Waals surface area contributed by atoms with Crippen molar-refractivity contribution in [3.63, 3.8) is 0 Å². The Labute approximate surface area is 98.0 Å². The summed E-state index contributed by atoms with van der Waals surface area (Å²) in [6.07, 6.45) is 0.941. The molecule has 0 aromatic heterocycles. The van der Waals surface area contributed by atoms with Crippen molar-refractivity contribution in [3.8, 4) is 0 Å². The molecule has 1 aliphatic heterocycles. The lowest BCUT2D eigenvalue weighted by Crippen LogP contribution is -2.41. The van der Waals surface area contributed by atoms with Crippen molar-refractivity contribution in [2.45, 2.75) is 26.3 Å². The van der Waals surface area contributed by atoms with Crippen LogP contribution < -0.4 is 10.0 Å². The van der Waals surface area contributed by atoms with E-state index < -0.39 is 10.0 Å². The monoisotopic (exact) mass is 250 g/mol. The Morgan fingerprint density at radius 2 is 2.25 bits per heavy atom. The molecule has 2 unspecified atom stereocenters. The number of hydrogen-bond acceptors (Lipinski definition) is 4. The number of hydrogen-bond donors (Lipinski definition) is 2. The Hall–Kier alpha value is -0.170. The third-order valence-corrected chi connectivity index (χ3v) is 4.31. The number of nitrogens with one attached hydrogen (secondary N) is 2. The zero-order chi connectivity index (χ0) is 12.0. The number of sulfonamides is 1. The van der Waals surface area contributed by atoms with Gasteiger partial charge in [0.2, 0.25) is 10.0 Å². The average Bonchev–Trinajstić information content (AvgIpc) is 2.69. The van der Waals surface area contributed by atoms with Crippen molar-refractivity contribution in [1.82, 2.24) is 10.0 Å². The van der Waals surface area contributed by atoms with Crippen LogP contribution in [0.2, 0.25) is 0 Å². The van der Waals surface area contributed by atoms with Gasteiger partial charge in [0.25, 0.3) is 0 Å². The van der Waals surface area contributed by atoms with Crippen molar-refractivity contribution >= 4 is 10.0 Å². The molecule has 0 aromatic rings. The van der Waals surface area contributed by atoms with Gasteiger partial charge in [0.1, 0.15) is 0 Å². The molecule has 0 amide bonds. The molecule has 6 heteroatoms. The normalized spacial score (nSPS) is 23.5. The van der Waals surface area contributed by atoms with E-state index in [1.165, 1.54) is 0 Å². The summed E-state index contributed by atoms with van der Waals surface area (Å²) < 4.78 is 31.3. The van der Waals surface area contributed by atoms with Gasteiger partial charge in [0.15, 0.2) is 0 Å². The average molecular weight is 250 g/mol. The minimum absolute atomic E-state index is 0.0332. The second kappa shape index (κ2) is 6.54. The van der Waals surface area contributed by atoms with Crippen LogP contribution in [0, 0.1) is 5.92 Å². The molecule has 96 valence electrons. The summed E-state index contributed by atoms with van der Waals surface area (Å²) in [6.45, 7) is 6.56. The highest BCUT2D eigenvalue weighted by molar-refractivity contribution is 7.89. The molecule has 0 spiro atoms. The molecule has 0 bridgehead atoms. The maximum atomic E-state index is 11.7. The Balaban J connectivity index is 2.33. The first kappa shape index (κ1) is 13.9. The fourth-order valence-corrected chi connectivity index (χ4v) is 3.06. The predicted octanol–water partition coefficient (Wildman–Crippen LogP) is -0.0597. The van der Waals surface area contributed by atoms with Crippen LogP contribution in [-0.4, -0.2) is 46.5 Å². The predicted molar refractivity (Wildman–Crippen MR) is 63.9 cm³/mol. The molecule has 1 heterocycles. The lowest BCUT2D eigenvalue weighted by Gasteiger charge is -2.19. The van der Waals surface area contributed by atoms with E-state index in [-0.39, 0.29) is 11.8 Å². The fraction of sp³-hybridized carbons (Fsp3) is 1.00. The standard InChI is InChI=1S/C10H22N2O3S/c1-3-11-5-7-16(13,14)12-9(2)10-4-6-15-8-10/h9-12H,3-8H2,1-2H3. The quantitative estimate of drug-likeness (QED) is 0.621. The first-order valence-electron chi connectivity index (χ1n) is 5.83. The maximum absolute atomic E-state index is 11.7. The van der Waals surface area contributed by atoms with Crippen LogP contribution >= 0.6 is 0 Å². The van der Waals surface area contributed by atoms with E-state index >= 15 is 0 Å². The van der Waals surface area contributed by atoms with Gasteiger partial charge in [-0.3, -0.25) is 0 Å². The Bertz CT molecular complexity index is 286. The van der Waals surface area contributed by atoms with E-state index in [1.54, 1.807) is 0 Å². The number of rotatable bonds is 7. The van der Waals surface area contributed by atoms with Crippen molar-refractivity contribution < 1.29 is 13.2 Å². The maximum Gasteiger partial charge on any atom is 0.213 e. The number of ether oxygens (including phenoxy) is 1. The second-order valence-electron chi connectivity index (χ2n) is 4.20. The third-order valence-electron chi connectivity index (χ3n) is 2.84. The Morgan fingerprint density at radius 1 is 1.50 bits per heavy atom. The van der Waals surface area contributed by atoms with Crippen LogP contribution in [0.15, 0.2) is 0 Å². The van der Waals surface area contributed by atoms with Gasteiger partial charge >= 0.3 is 0 Å². The second-order valence-corrected chi connectivity index (χ2v) is 6.08. The van der Waals surface area contributed by atoms with Crippen molar-refractivity contribution in [2.24, 2.45) is 5.92 Å². The van der Waals surface area contributed by atoms with Crippen LogP contribution in [0.5, 0.6) is 0 Å². The van der Waals surface area contributed by atoms with Crippen LogP contribution in [-0.2, 0) is 14.8 Å². The van der Waals surface area contributed by atoms with Gasteiger partial charge in [-0.05, 0) is 19.9 Å². The summed E-state index contributed by atoms with van der Waals surface area (Å²) in [4.78, 5) is 0. The van der Waals surface area contributed by atoms with Gasteiger partial charge in [0.05, 0.1) is 12.4 Å². The molecule has 1 rings (SSSR count). The molecule has 1 fully saturated rings. The van der Waals surface area contributed by atoms with Crippen molar-refractivity contribution in [2.75, 3.05) is 32.1 Å². The third kappa shape index (κ3) is 4.78. The Morgan fingerprint density at radius 3 is 2.81 bits per heavy atom. The largest absolute Gasteiger partial charge is 0.381 e. The van der Waals surface area contributed by atoms with Gasteiger partial charge in [-0.1, -0.05) is 6.92 Å². The van der Waals surface area contributed by atoms with E-state index in [0.29, 0.717) is 19.1 Å². The molecule has 1 aliphatic rings. The summed E-state index contributed by atoms with van der Waals surface area (Å²) in [6, 6.07) is -0.0332. The van der Waals surface area contributed by atoms with Gasteiger partial charge in [-0.25, -0.2) is 13.1 Å². The molecule has 2 atom stereocenters. The fourth-order valence-electron chi connectivity index (χ4n) is 1.77. The molecular weight excluding hydrogens is 228 g/mol. The van der Waals surface area contributed by atoms with Crippen LogP contribution in [0.3, 0.4) is 0 Å². The molecule has 1 saturated heterocycles. The first-order chi connectivity index (χ1) is 7.55. The van der Waals surface area contributed by atoms with E-state index in [0.717, 1.165) is 19.6 Å². The summed E-state index contributed by atoms with van der Waals surface area (Å²) in [5.41, 5.74) is 0. The smallest absolute Gasteiger partial charge is 0.213 e. The van der Waals surface area contributed by atoms with Crippen LogP contribution in [0.4, 0.5) is 0 Å². The molecule has 0 aliphatic carbocycles. The summed E-state index contributed by atoms with van der Waals surface area (Å²) in [5, 5.41) is 3.00. The lowest BCUT2D eigenvalue weighted by molar-refractivity contribution is 0.180. The first-order valence-corrected chi connectivity index (χ1v) is 7.49. The van der Waals surface area contributed by atoms with Crippen LogP contribution in [0.25, 0.3) is 0 Å². The lowest BCUT2D eigenvalue weighted by atomic mass is 10.0. The minimum atomic E-state index is -3.16. The summed E-state index contributed by atoms with van der Waals surface area (Å²) in [7, 11) is -3.16. The summed E-state index contributed by atoms with van der Waals surface area (Å²) in [5.74, 6) is 0.451. The Kier molecular flexibility index (Phi) is 5.68. The zero-order valence-electron chi connectivity index (χ0n) is 10.0. The molecule has 0 aromatic carbocycles. The van der Waals surface area contributed by atoms with E-state index in [4.69, 9.17) is 4.74 Å². The highest BCUT2D eigenvalue weighted by Gasteiger charge is 2.25. The van der Waals surface area contributed by atoms with E-state index in [1.807, 2.05) is 13.8 Å². The zero-order valence-corrected chi connectivity index (χ0v) is 10.8. The van der Waals surface area contributed by atoms with Gasteiger partial charge in [-0.2, -0.15) is 0 Å². The van der Waals surface area contributed by atoms with Gasteiger partial charge < -0.3 is 10.1 Å². The molecular formula is C10H22N2O3S. The van der Waals surface area contributed by atoms with Crippen molar-refractivity contribution in [3.05, 3.63) is 0 Å². The van der Waals surface area contributed by atoms with E-state index in [9.17, 15) is 8.42 Å². The minimum Gasteiger partial charge on any atom is -0.381 e. The highest BCUT2D eigenvalue weighted by atomic mass is 32.2. The SMILES string of the molecule is CCNCCS(=O)(=O)NC(C)C1CCOC1. The molecule has 16 heavy (non-hydrogen) atoms. The molecule has 0 saturated carbocycles. The topological polar surface area (TPSA) is 67.4 Å².